The fourth-order valence-corrected chi connectivity index (χ4v) is 3.12. The van der Waals surface area contributed by atoms with E-state index in [4.69, 9.17) is 16.0 Å². The van der Waals surface area contributed by atoms with Crippen LogP contribution in [0.1, 0.15) is 0 Å². The van der Waals surface area contributed by atoms with Crippen molar-refractivity contribution >= 4 is 22.6 Å². The number of hydrogen-bond acceptors (Lipinski definition) is 2. The first kappa shape index (κ1) is 14.7. The Kier molecular flexibility index (Phi) is 3.68. The smallest absolute Gasteiger partial charge is 0.344 e. The Hall–Kier alpha value is -2.84. The van der Waals surface area contributed by atoms with E-state index in [9.17, 15) is 4.79 Å². The molecule has 0 saturated carbocycles. The summed E-state index contributed by atoms with van der Waals surface area (Å²) in [6, 6.07) is 24.7. The van der Waals surface area contributed by atoms with E-state index >= 15 is 0 Å². The molecule has 0 aliphatic carbocycles. The maximum atomic E-state index is 12.7. The van der Waals surface area contributed by atoms with Gasteiger partial charge in [-0.05, 0) is 29.3 Å². The molecular weight excluding hydrogens is 320 g/mol. The van der Waals surface area contributed by atoms with Crippen molar-refractivity contribution in [3.63, 3.8) is 0 Å². The highest BCUT2D eigenvalue weighted by molar-refractivity contribution is 6.31. The van der Waals surface area contributed by atoms with Crippen molar-refractivity contribution in [2.45, 2.75) is 0 Å². The molecule has 0 amide bonds. The highest BCUT2D eigenvalue weighted by atomic mass is 35.5. The van der Waals surface area contributed by atoms with Crippen LogP contribution in [0.15, 0.2) is 88.1 Å². The summed E-state index contributed by atoms with van der Waals surface area (Å²) in [7, 11) is 0. The van der Waals surface area contributed by atoms with Crippen LogP contribution in [-0.4, -0.2) is 0 Å². The molecule has 0 spiro atoms. The molecule has 3 heteroatoms. The first-order valence-corrected chi connectivity index (χ1v) is 7.99. The molecule has 0 unspecified atom stereocenters. The molecule has 0 saturated heterocycles. The average Bonchev–Trinajstić information content (AvgIpc) is 2.62. The summed E-state index contributed by atoms with van der Waals surface area (Å²) < 4.78 is 5.55. The molecule has 3 aromatic carbocycles. The van der Waals surface area contributed by atoms with Crippen LogP contribution in [0.2, 0.25) is 5.02 Å². The summed E-state index contributed by atoms with van der Waals surface area (Å²) in [6.07, 6.45) is 0. The Bertz CT molecular complexity index is 1070. The van der Waals surface area contributed by atoms with Gasteiger partial charge in [0.25, 0.3) is 0 Å². The van der Waals surface area contributed by atoms with Gasteiger partial charge in [-0.2, -0.15) is 0 Å². The van der Waals surface area contributed by atoms with Gasteiger partial charge < -0.3 is 4.42 Å². The van der Waals surface area contributed by atoms with Gasteiger partial charge in [0.1, 0.15) is 5.58 Å². The minimum atomic E-state index is -0.352. The second kappa shape index (κ2) is 5.99. The average molecular weight is 333 g/mol. The van der Waals surface area contributed by atoms with E-state index in [1.807, 2.05) is 66.7 Å². The van der Waals surface area contributed by atoms with Crippen LogP contribution in [0.5, 0.6) is 0 Å². The second-order valence-corrected chi connectivity index (χ2v) is 5.95. The Morgan fingerprint density at radius 1 is 0.708 bits per heavy atom. The first-order chi connectivity index (χ1) is 11.7. The van der Waals surface area contributed by atoms with Crippen LogP contribution in [0, 0.1) is 0 Å². The summed E-state index contributed by atoms with van der Waals surface area (Å²) >= 11 is 6.20. The zero-order valence-corrected chi connectivity index (χ0v) is 13.5. The largest absolute Gasteiger partial charge is 0.422 e. The van der Waals surface area contributed by atoms with Crippen molar-refractivity contribution in [1.82, 2.24) is 0 Å². The summed E-state index contributed by atoms with van der Waals surface area (Å²) in [5.41, 5.74) is 3.36. The Labute approximate surface area is 143 Å². The lowest BCUT2D eigenvalue weighted by molar-refractivity contribution is 0.564. The van der Waals surface area contributed by atoms with Crippen LogP contribution in [0.4, 0.5) is 0 Å². The lowest BCUT2D eigenvalue weighted by Crippen LogP contribution is -2.06. The number of benzene rings is 3. The van der Waals surface area contributed by atoms with E-state index in [2.05, 4.69) is 0 Å². The fraction of sp³-hybridized carbons (Fsp3) is 0. The molecule has 1 heterocycles. The molecule has 24 heavy (non-hydrogen) atoms. The molecule has 0 fully saturated rings. The van der Waals surface area contributed by atoms with E-state index < -0.39 is 0 Å². The molecule has 0 N–H and O–H groups in total. The molecule has 1 aromatic heterocycles. The van der Waals surface area contributed by atoms with Crippen molar-refractivity contribution in [3.05, 3.63) is 94.3 Å². The van der Waals surface area contributed by atoms with Crippen molar-refractivity contribution in [2.24, 2.45) is 0 Å². The van der Waals surface area contributed by atoms with E-state index in [0.29, 0.717) is 16.2 Å². The third-order valence-corrected chi connectivity index (χ3v) is 4.23. The normalized spacial score (nSPS) is 10.9. The Morgan fingerprint density at radius 3 is 1.92 bits per heavy atom. The molecule has 0 bridgehead atoms. The minimum absolute atomic E-state index is 0.352. The van der Waals surface area contributed by atoms with Crippen molar-refractivity contribution in [3.8, 4) is 22.3 Å². The number of halogens is 1. The van der Waals surface area contributed by atoms with E-state index in [-0.39, 0.29) is 5.63 Å². The van der Waals surface area contributed by atoms with E-state index in [1.165, 1.54) is 0 Å². The quantitative estimate of drug-likeness (QED) is 0.435. The molecule has 116 valence electrons. The SMILES string of the molecule is O=c1oc2ccc(Cl)cc2c(-c2ccccc2)c1-c1ccccc1. The minimum Gasteiger partial charge on any atom is -0.422 e. The topological polar surface area (TPSA) is 30.2 Å². The summed E-state index contributed by atoms with van der Waals surface area (Å²) in [4.78, 5) is 12.7. The fourth-order valence-electron chi connectivity index (χ4n) is 2.95. The Balaban J connectivity index is 2.19. The van der Waals surface area contributed by atoms with Crippen LogP contribution in [-0.2, 0) is 0 Å². The van der Waals surface area contributed by atoms with Crippen molar-refractivity contribution in [2.75, 3.05) is 0 Å². The van der Waals surface area contributed by atoms with Crippen LogP contribution >= 0.6 is 11.6 Å². The van der Waals surface area contributed by atoms with Crippen molar-refractivity contribution in [1.29, 1.82) is 0 Å². The van der Waals surface area contributed by atoms with Gasteiger partial charge in [-0.3, -0.25) is 0 Å². The standard InChI is InChI=1S/C21H13ClO2/c22-16-11-12-18-17(13-16)19(14-7-3-1-4-8-14)20(21(23)24-18)15-9-5-2-6-10-15/h1-13H. The van der Waals surface area contributed by atoms with Gasteiger partial charge >= 0.3 is 5.63 Å². The maximum Gasteiger partial charge on any atom is 0.344 e. The van der Waals surface area contributed by atoms with Gasteiger partial charge in [0, 0.05) is 16.0 Å². The maximum absolute atomic E-state index is 12.7. The predicted molar refractivity (Wildman–Crippen MR) is 98.4 cm³/mol. The number of fused-ring (bicyclic) bond motifs is 1. The molecule has 0 aliphatic heterocycles. The molecule has 2 nitrogen and oxygen atoms in total. The van der Waals surface area contributed by atoms with E-state index in [0.717, 1.165) is 22.1 Å². The third-order valence-electron chi connectivity index (χ3n) is 3.99. The molecule has 0 aliphatic rings. The highest BCUT2D eigenvalue weighted by Crippen LogP contribution is 2.36. The molecule has 4 rings (SSSR count). The van der Waals surface area contributed by atoms with Gasteiger partial charge in [-0.15, -0.1) is 0 Å². The zero-order valence-electron chi connectivity index (χ0n) is 12.7. The zero-order chi connectivity index (χ0) is 16.5. The summed E-state index contributed by atoms with van der Waals surface area (Å²) in [6.45, 7) is 0. The highest BCUT2D eigenvalue weighted by Gasteiger charge is 2.17. The first-order valence-electron chi connectivity index (χ1n) is 7.61. The number of hydrogen-bond donors (Lipinski definition) is 0. The lowest BCUT2D eigenvalue weighted by atomic mass is 9.93. The van der Waals surface area contributed by atoms with Crippen LogP contribution in [0.3, 0.4) is 0 Å². The van der Waals surface area contributed by atoms with Crippen molar-refractivity contribution < 1.29 is 4.42 Å². The predicted octanol–water partition coefficient (Wildman–Crippen LogP) is 5.78. The third kappa shape index (κ3) is 2.51. The Morgan fingerprint density at radius 2 is 1.29 bits per heavy atom. The molecular formula is C21H13ClO2. The summed E-state index contributed by atoms with van der Waals surface area (Å²) in [5.74, 6) is 0. The molecule has 4 aromatic rings. The molecule has 0 atom stereocenters. The van der Waals surface area contributed by atoms with Gasteiger partial charge in [-0.1, -0.05) is 72.3 Å². The van der Waals surface area contributed by atoms with Gasteiger partial charge in [0.15, 0.2) is 0 Å². The van der Waals surface area contributed by atoms with Crippen LogP contribution in [0.25, 0.3) is 33.2 Å². The monoisotopic (exact) mass is 332 g/mol. The second-order valence-electron chi connectivity index (χ2n) is 5.51. The lowest BCUT2D eigenvalue weighted by Gasteiger charge is -2.12. The van der Waals surface area contributed by atoms with Crippen LogP contribution < -0.4 is 5.63 Å². The van der Waals surface area contributed by atoms with Gasteiger partial charge in [0.05, 0.1) is 5.56 Å². The molecule has 0 radical (unpaired) electrons. The van der Waals surface area contributed by atoms with E-state index in [1.54, 1.807) is 12.1 Å². The number of rotatable bonds is 2. The van der Waals surface area contributed by atoms with Gasteiger partial charge in [0.2, 0.25) is 0 Å². The summed E-state index contributed by atoms with van der Waals surface area (Å²) in [5, 5.41) is 1.43. The van der Waals surface area contributed by atoms with Gasteiger partial charge in [-0.25, -0.2) is 4.79 Å².